The molecule has 24 heavy (non-hydrogen) atoms. The van der Waals surface area contributed by atoms with Gasteiger partial charge in [-0.25, -0.2) is 4.98 Å². The minimum atomic E-state index is -0.0460. The smallest absolute Gasteiger partial charge is 0.275 e. The first-order valence-electron chi connectivity index (χ1n) is 8.24. The Hall–Kier alpha value is -2.22. The van der Waals surface area contributed by atoms with Gasteiger partial charge in [-0.3, -0.25) is 9.69 Å². The molecule has 4 heterocycles. The third-order valence-electron chi connectivity index (χ3n) is 5.35. The molecule has 1 atom stereocenters. The van der Waals surface area contributed by atoms with E-state index in [2.05, 4.69) is 27.1 Å². The average molecular weight is 331 g/mol. The summed E-state index contributed by atoms with van der Waals surface area (Å²) in [6, 6.07) is 0.195. The molecular weight excluding hydrogens is 310 g/mol. The van der Waals surface area contributed by atoms with Gasteiger partial charge in [-0.05, 0) is 31.7 Å². The van der Waals surface area contributed by atoms with Crippen LogP contribution in [-0.4, -0.2) is 57.5 Å². The van der Waals surface area contributed by atoms with Gasteiger partial charge in [0.25, 0.3) is 5.91 Å². The quantitative estimate of drug-likeness (QED) is 0.827. The molecule has 2 aliphatic heterocycles. The highest BCUT2D eigenvalue weighted by atomic mass is 16.5. The molecular formula is C16H21N5O3. The van der Waals surface area contributed by atoms with Crippen molar-refractivity contribution in [3.63, 3.8) is 0 Å². The summed E-state index contributed by atoms with van der Waals surface area (Å²) in [7, 11) is 2.11. The van der Waals surface area contributed by atoms with Crippen molar-refractivity contribution in [2.45, 2.75) is 32.2 Å². The number of oxazole rings is 1. The fourth-order valence-corrected chi connectivity index (χ4v) is 4.04. The lowest BCUT2D eigenvalue weighted by Crippen LogP contribution is -2.44. The monoisotopic (exact) mass is 331 g/mol. The average Bonchev–Trinajstić information content (AvgIpc) is 3.29. The standard InChI is InChI=1S/C16H21N5O3/c1-11-18-14(19-24-11)13-7-16(9-20(13)2)3-5-21(6-4-16)15(22)12-8-23-10-17-12/h8,10,13H,3-7,9H2,1-2H3. The molecule has 2 aromatic heterocycles. The first-order valence-corrected chi connectivity index (χ1v) is 8.24. The minimum absolute atomic E-state index is 0.0460. The number of piperidine rings is 1. The molecule has 0 radical (unpaired) electrons. The lowest BCUT2D eigenvalue weighted by atomic mass is 9.76. The van der Waals surface area contributed by atoms with Crippen LogP contribution in [0.15, 0.2) is 21.6 Å². The van der Waals surface area contributed by atoms with E-state index in [9.17, 15) is 4.79 Å². The normalized spacial score (nSPS) is 23.9. The summed E-state index contributed by atoms with van der Waals surface area (Å²) in [5.41, 5.74) is 0.601. The van der Waals surface area contributed by atoms with Crippen LogP contribution in [0.3, 0.4) is 0 Å². The summed E-state index contributed by atoms with van der Waals surface area (Å²) < 4.78 is 10.0. The van der Waals surface area contributed by atoms with Crippen molar-refractivity contribution >= 4 is 5.91 Å². The van der Waals surface area contributed by atoms with Crippen LogP contribution in [0.4, 0.5) is 0 Å². The van der Waals surface area contributed by atoms with E-state index in [0.29, 0.717) is 11.6 Å². The van der Waals surface area contributed by atoms with Gasteiger partial charge in [0, 0.05) is 26.6 Å². The lowest BCUT2D eigenvalue weighted by molar-refractivity contribution is 0.0587. The molecule has 1 unspecified atom stereocenters. The Balaban J connectivity index is 1.43. The second kappa shape index (κ2) is 5.70. The van der Waals surface area contributed by atoms with E-state index in [1.807, 2.05) is 11.8 Å². The number of carbonyl (C=O) groups is 1. The lowest BCUT2D eigenvalue weighted by Gasteiger charge is -2.39. The molecule has 2 aliphatic rings. The number of aromatic nitrogens is 3. The number of hydrogen-bond donors (Lipinski definition) is 0. The molecule has 4 rings (SSSR count). The minimum Gasteiger partial charge on any atom is -0.451 e. The second-order valence-electron chi connectivity index (χ2n) is 6.97. The fraction of sp³-hybridized carbons (Fsp3) is 0.625. The molecule has 1 spiro atoms. The molecule has 2 saturated heterocycles. The molecule has 0 aromatic carbocycles. The zero-order valence-electron chi connectivity index (χ0n) is 13.9. The number of nitrogens with zero attached hydrogens (tertiary/aromatic N) is 5. The second-order valence-corrected chi connectivity index (χ2v) is 6.97. The van der Waals surface area contributed by atoms with E-state index in [1.165, 1.54) is 12.7 Å². The topological polar surface area (TPSA) is 88.5 Å². The summed E-state index contributed by atoms with van der Waals surface area (Å²) in [6.07, 6.45) is 5.67. The Bertz CT molecular complexity index is 718. The fourth-order valence-electron chi connectivity index (χ4n) is 4.04. The van der Waals surface area contributed by atoms with Crippen LogP contribution in [0.2, 0.25) is 0 Å². The summed E-state index contributed by atoms with van der Waals surface area (Å²) >= 11 is 0. The number of amides is 1. The first kappa shape index (κ1) is 15.3. The molecule has 128 valence electrons. The van der Waals surface area contributed by atoms with Crippen LogP contribution in [0, 0.1) is 12.3 Å². The molecule has 2 fully saturated rings. The van der Waals surface area contributed by atoms with Gasteiger partial charge in [-0.2, -0.15) is 4.98 Å². The van der Waals surface area contributed by atoms with Crippen molar-refractivity contribution < 1.29 is 13.7 Å². The maximum absolute atomic E-state index is 12.4. The van der Waals surface area contributed by atoms with Crippen molar-refractivity contribution in [1.29, 1.82) is 0 Å². The number of rotatable bonds is 2. The maximum Gasteiger partial charge on any atom is 0.275 e. The Labute approximate surface area is 139 Å². The maximum atomic E-state index is 12.4. The number of hydrogen-bond acceptors (Lipinski definition) is 7. The van der Waals surface area contributed by atoms with Gasteiger partial charge >= 0.3 is 0 Å². The van der Waals surface area contributed by atoms with E-state index in [1.54, 1.807) is 0 Å². The Kier molecular flexibility index (Phi) is 3.64. The molecule has 0 bridgehead atoms. The summed E-state index contributed by atoms with van der Waals surface area (Å²) in [5, 5.41) is 4.09. The summed E-state index contributed by atoms with van der Waals surface area (Å²) in [6.45, 7) is 4.31. The van der Waals surface area contributed by atoms with E-state index >= 15 is 0 Å². The summed E-state index contributed by atoms with van der Waals surface area (Å²) in [5.74, 6) is 1.33. The zero-order valence-corrected chi connectivity index (χ0v) is 13.9. The van der Waals surface area contributed by atoms with E-state index in [0.717, 1.165) is 44.7 Å². The number of likely N-dealkylation sites (tertiary alicyclic amines) is 2. The predicted molar refractivity (Wildman–Crippen MR) is 83.1 cm³/mol. The highest BCUT2D eigenvalue weighted by Crippen LogP contribution is 2.47. The van der Waals surface area contributed by atoms with Gasteiger partial charge in [-0.15, -0.1) is 0 Å². The van der Waals surface area contributed by atoms with Gasteiger partial charge in [0.1, 0.15) is 6.26 Å². The van der Waals surface area contributed by atoms with Crippen molar-refractivity contribution in [3.05, 3.63) is 30.1 Å². The van der Waals surface area contributed by atoms with Gasteiger partial charge < -0.3 is 13.8 Å². The molecule has 0 aliphatic carbocycles. The van der Waals surface area contributed by atoms with Gasteiger partial charge in [0.05, 0.1) is 6.04 Å². The van der Waals surface area contributed by atoms with Crippen LogP contribution in [-0.2, 0) is 0 Å². The number of aryl methyl sites for hydroxylation is 1. The largest absolute Gasteiger partial charge is 0.451 e. The molecule has 1 amide bonds. The third-order valence-corrected chi connectivity index (χ3v) is 5.35. The molecule has 8 nitrogen and oxygen atoms in total. The van der Waals surface area contributed by atoms with Crippen LogP contribution >= 0.6 is 0 Å². The Morgan fingerprint density at radius 2 is 2.17 bits per heavy atom. The van der Waals surface area contributed by atoms with Gasteiger partial charge in [-0.1, -0.05) is 5.16 Å². The van der Waals surface area contributed by atoms with E-state index in [-0.39, 0.29) is 17.4 Å². The van der Waals surface area contributed by atoms with Crippen LogP contribution < -0.4 is 0 Å². The molecule has 8 heteroatoms. The van der Waals surface area contributed by atoms with Crippen LogP contribution in [0.1, 0.15) is 47.5 Å². The van der Waals surface area contributed by atoms with Crippen molar-refractivity contribution in [2.75, 3.05) is 26.7 Å². The van der Waals surface area contributed by atoms with Crippen molar-refractivity contribution in [2.24, 2.45) is 5.41 Å². The van der Waals surface area contributed by atoms with Crippen LogP contribution in [0.25, 0.3) is 0 Å². The van der Waals surface area contributed by atoms with Crippen molar-refractivity contribution in [3.8, 4) is 0 Å². The summed E-state index contributed by atoms with van der Waals surface area (Å²) in [4.78, 5) is 24.9. The van der Waals surface area contributed by atoms with Crippen molar-refractivity contribution in [1.82, 2.24) is 24.9 Å². The highest BCUT2D eigenvalue weighted by Gasteiger charge is 2.46. The Morgan fingerprint density at radius 3 is 2.79 bits per heavy atom. The zero-order chi connectivity index (χ0) is 16.7. The van der Waals surface area contributed by atoms with Gasteiger partial charge in [0.2, 0.25) is 5.89 Å². The van der Waals surface area contributed by atoms with Gasteiger partial charge in [0.15, 0.2) is 17.9 Å². The highest BCUT2D eigenvalue weighted by molar-refractivity contribution is 5.91. The van der Waals surface area contributed by atoms with E-state index in [4.69, 9.17) is 8.94 Å². The third kappa shape index (κ3) is 2.60. The Morgan fingerprint density at radius 1 is 1.38 bits per heavy atom. The first-order chi connectivity index (χ1) is 11.6. The molecule has 0 N–H and O–H groups in total. The molecule has 0 saturated carbocycles. The van der Waals surface area contributed by atoms with E-state index < -0.39 is 0 Å². The number of carbonyl (C=O) groups excluding carboxylic acids is 1. The SMILES string of the molecule is Cc1nc(C2CC3(CCN(C(=O)c4cocn4)CC3)CN2C)no1. The molecule has 2 aromatic rings. The predicted octanol–water partition coefficient (Wildman–Crippen LogP) is 1.67. The van der Waals surface area contributed by atoms with Crippen LogP contribution in [0.5, 0.6) is 0 Å².